The highest BCUT2D eigenvalue weighted by Crippen LogP contribution is 2.33. The Morgan fingerprint density at radius 1 is 1.21 bits per heavy atom. The lowest BCUT2D eigenvalue weighted by atomic mass is 10.1. The van der Waals surface area contributed by atoms with Crippen molar-refractivity contribution in [2.24, 2.45) is 0 Å². The van der Waals surface area contributed by atoms with Crippen molar-refractivity contribution in [3.8, 4) is 5.69 Å². The molecule has 2 N–H and O–H groups in total. The number of nitrogens with zero attached hydrogens (tertiary/aromatic N) is 5. The molecule has 1 saturated carbocycles. The van der Waals surface area contributed by atoms with Crippen molar-refractivity contribution in [1.29, 1.82) is 0 Å². The Bertz CT molecular complexity index is 1140. The molecule has 4 aromatic rings. The Morgan fingerprint density at radius 2 is 2.10 bits per heavy atom. The van der Waals surface area contributed by atoms with E-state index in [0.717, 1.165) is 29.9 Å². The number of carbonyl (C=O) groups excluding carboxylic acids is 1. The summed E-state index contributed by atoms with van der Waals surface area (Å²) >= 11 is 0. The Hall–Kier alpha value is -3.55. The number of H-pyrrole nitrogens is 1. The quantitative estimate of drug-likeness (QED) is 0.548. The number of carbonyl (C=O) groups is 1. The molecule has 1 aliphatic carbocycles. The van der Waals surface area contributed by atoms with Crippen molar-refractivity contribution in [1.82, 2.24) is 35.0 Å². The smallest absolute Gasteiger partial charge is 0.272 e. The molecule has 1 aliphatic rings. The molecule has 0 spiro atoms. The topological polar surface area (TPSA) is 101 Å². The van der Waals surface area contributed by atoms with Gasteiger partial charge in [-0.25, -0.2) is 19.6 Å². The molecule has 0 atom stereocenters. The molecule has 0 bridgehead atoms. The first-order valence-corrected chi connectivity index (χ1v) is 9.86. The molecule has 8 nitrogen and oxygen atoms in total. The van der Waals surface area contributed by atoms with Crippen LogP contribution in [0.2, 0.25) is 0 Å². The predicted octanol–water partition coefficient (Wildman–Crippen LogP) is 3.13. The number of imidazole rings is 1. The summed E-state index contributed by atoms with van der Waals surface area (Å²) in [5.74, 6) is 1.09. The average Bonchev–Trinajstić information content (AvgIpc) is 3.52. The highest BCUT2D eigenvalue weighted by atomic mass is 16.1. The van der Waals surface area contributed by atoms with Crippen molar-refractivity contribution in [3.05, 3.63) is 66.1 Å². The maximum absolute atomic E-state index is 12.8. The zero-order valence-electron chi connectivity index (χ0n) is 15.9. The fourth-order valence-electron chi connectivity index (χ4n) is 3.91. The fourth-order valence-corrected chi connectivity index (χ4v) is 3.91. The first-order chi connectivity index (χ1) is 14.3. The van der Waals surface area contributed by atoms with Gasteiger partial charge in [-0.2, -0.15) is 5.10 Å². The van der Waals surface area contributed by atoms with Gasteiger partial charge < -0.3 is 10.3 Å². The van der Waals surface area contributed by atoms with Crippen molar-refractivity contribution in [2.75, 3.05) is 0 Å². The lowest BCUT2D eigenvalue weighted by Crippen LogP contribution is -2.24. The summed E-state index contributed by atoms with van der Waals surface area (Å²) in [5.41, 5.74) is 3.41. The summed E-state index contributed by atoms with van der Waals surface area (Å²) in [7, 11) is 0. The molecule has 3 heterocycles. The van der Waals surface area contributed by atoms with Gasteiger partial charge in [0.05, 0.1) is 5.69 Å². The largest absolute Gasteiger partial charge is 0.347 e. The van der Waals surface area contributed by atoms with Crippen LogP contribution in [0, 0.1) is 0 Å². The first kappa shape index (κ1) is 17.5. The highest BCUT2D eigenvalue weighted by molar-refractivity contribution is 6.02. The summed E-state index contributed by atoms with van der Waals surface area (Å²) in [6.45, 7) is 0.392. The van der Waals surface area contributed by atoms with Gasteiger partial charge in [0.1, 0.15) is 17.7 Å². The normalized spacial score (nSPS) is 14.5. The van der Waals surface area contributed by atoms with Gasteiger partial charge in [-0.15, -0.1) is 0 Å². The Kier molecular flexibility index (Phi) is 4.51. The third-order valence-corrected chi connectivity index (χ3v) is 5.40. The van der Waals surface area contributed by atoms with E-state index in [1.807, 2.05) is 36.5 Å². The zero-order valence-corrected chi connectivity index (χ0v) is 15.9. The molecular formula is C21H21N7O. The second-order valence-corrected chi connectivity index (χ2v) is 7.33. The lowest BCUT2D eigenvalue weighted by Gasteiger charge is -2.07. The van der Waals surface area contributed by atoms with Crippen LogP contribution in [0.15, 0.2) is 49.1 Å². The van der Waals surface area contributed by atoms with Gasteiger partial charge in [0, 0.05) is 24.9 Å². The van der Waals surface area contributed by atoms with E-state index in [2.05, 4.69) is 30.4 Å². The second-order valence-electron chi connectivity index (χ2n) is 7.33. The van der Waals surface area contributed by atoms with Gasteiger partial charge in [0.2, 0.25) is 0 Å². The minimum absolute atomic E-state index is 0.247. The summed E-state index contributed by atoms with van der Waals surface area (Å²) < 4.78 is 1.79. The maximum Gasteiger partial charge on any atom is 0.272 e. The van der Waals surface area contributed by atoms with E-state index in [1.54, 1.807) is 10.9 Å². The van der Waals surface area contributed by atoms with Gasteiger partial charge in [0.15, 0.2) is 11.3 Å². The maximum atomic E-state index is 12.8. The summed E-state index contributed by atoms with van der Waals surface area (Å²) in [6, 6.07) is 9.76. The SMILES string of the molecule is O=C(NCc1cccc(-n2cccn2)c1)c1ncnc2nc(C3CCCC3)[nH]c12. The molecule has 29 heavy (non-hydrogen) atoms. The van der Waals surface area contributed by atoms with E-state index in [-0.39, 0.29) is 5.91 Å². The Balaban J connectivity index is 1.34. The number of aromatic nitrogens is 6. The Morgan fingerprint density at radius 3 is 2.93 bits per heavy atom. The van der Waals surface area contributed by atoms with Crippen LogP contribution in [-0.2, 0) is 6.54 Å². The number of rotatable bonds is 5. The average molecular weight is 387 g/mol. The second kappa shape index (κ2) is 7.46. The molecule has 0 unspecified atom stereocenters. The lowest BCUT2D eigenvalue weighted by molar-refractivity contribution is 0.0947. The van der Waals surface area contributed by atoms with Gasteiger partial charge in [-0.05, 0) is 36.6 Å². The third-order valence-electron chi connectivity index (χ3n) is 5.40. The van der Waals surface area contributed by atoms with Crippen LogP contribution in [0.3, 0.4) is 0 Å². The van der Waals surface area contributed by atoms with Crippen LogP contribution in [0.25, 0.3) is 16.9 Å². The molecule has 3 aromatic heterocycles. The van der Waals surface area contributed by atoms with Crippen LogP contribution < -0.4 is 5.32 Å². The monoisotopic (exact) mass is 387 g/mol. The number of fused-ring (bicyclic) bond motifs is 1. The van der Waals surface area contributed by atoms with Crippen molar-refractivity contribution in [2.45, 2.75) is 38.1 Å². The molecular weight excluding hydrogens is 366 g/mol. The highest BCUT2D eigenvalue weighted by Gasteiger charge is 2.23. The molecule has 146 valence electrons. The van der Waals surface area contributed by atoms with E-state index in [0.29, 0.717) is 29.3 Å². The van der Waals surface area contributed by atoms with Crippen molar-refractivity contribution in [3.63, 3.8) is 0 Å². The number of benzene rings is 1. The molecule has 0 saturated heterocycles. The fraction of sp³-hybridized carbons (Fsp3) is 0.286. The van der Waals surface area contributed by atoms with Gasteiger partial charge in [0.25, 0.3) is 5.91 Å². The van der Waals surface area contributed by atoms with E-state index in [4.69, 9.17) is 0 Å². The van der Waals surface area contributed by atoms with Gasteiger partial charge in [-0.3, -0.25) is 4.79 Å². The number of hydrogen-bond donors (Lipinski definition) is 2. The van der Waals surface area contributed by atoms with Gasteiger partial charge >= 0.3 is 0 Å². The summed E-state index contributed by atoms with van der Waals surface area (Å²) in [6.07, 6.45) is 9.71. The van der Waals surface area contributed by atoms with E-state index < -0.39 is 0 Å². The molecule has 1 aromatic carbocycles. The van der Waals surface area contributed by atoms with Crippen LogP contribution in [0.5, 0.6) is 0 Å². The van der Waals surface area contributed by atoms with Gasteiger partial charge in [-0.1, -0.05) is 25.0 Å². The first-order valence-electron chi connectivity index (χ1n) is 9.86. The molecule has 1 amide bonds. The van der Waals surface area contributed by atoms with Crippen LogP contribution >= 0.6 is 0 Å². The summed E-state index contributed by atoms with van der Waals surface area (Å²) in [4.78, 5) is 29.2. The predicted molar refractivity (Wildman–Crippen MR) is 108 cm³/mol. The molecule has 0 aliphatic heterocycles. The minimum atomic E-state index is -0.247. The standard InChI is InChI=1S/C21H21N7O/c29-21(22-12-14-5-3-8-16(11-14)28-10-4-9-25-28)18-17-20(24-13-23-18)27-19(26-17)15-6-1-2-7-15/h3-5,8-11,13,15H,1-2,6-7,12H2,(H,22,29)(H,23,24,26,27). The van der Waals surface area contributed by atoms with E-state index in [1.165, 1.54) is 19.2 Å². The number of aromatic amines is 1. The van der Waals surface area contributed by atoms with Crippen LogP contribution in [-0.4, -0.2) is 35.6 Å². The minimum Gasteiger partial charge on any atom is -0.347 e. The third kappa shape index (κ3) is 3.49. The van der Waals surface area contributed by atoms with Crippen LogP contribution in [0.4, 0.5) is 0 Å². The Labute approximate surface area is 167 Å². The van der Waals surface area contributed by atoms with Crippen molar-refractivity contribution < 1.29 is 4.79 Å². The molecule has 1 fully saturated rings. The van der Waals surface area contributed by atoms with E-state index >= 15 is 0 Å². The molecule has 8 heteroatoms. The van der Waals surface area contributed by atoms with Crippen molar-refractivity contribution >= 4 is 17.1 Å². The summed E-state index contributed by atoms with van der Waals surface area (Å²) in [5, 5.41) is 7.19. The molecule has 5 rings (SSSR count). The number of amides is 1. The van der Waals surface area contributed by atoms with E-state index in [9.17, 15) is 4.79 Å². The number of nitrogens with one attached hydrogen (secondary N) is 2. The zero-order chi connectivity index (χ0) is 19.6. The number of hydrogen-bond acceptors (Lipinski definition) is 5. The van der Waals surface area contributed by atoms with Crippen LogP contribution in [0.1, 0.15) is 53.5 Å². The molecule has 0 radical (unpaired) electrons.